The molecule has 0 bridgehead atoms. The summed E-state index contributed by atoms with van der Waals surface area (Å²) in [6, 6.07) is 7.16. The first-order valence-corrected chi connectivity index (χ1v) is 10.2. The van der Waals surface area contributed by atoms with Gasteiger partial charge in [0.05, 0.1) is 23.8 Å². The highest BCUT2D eigenvalue weighted by molar-refractivity contribution is 5.79. The van der Waals surface area contributed by atoms with Crippen LogP contribution in [0.2, 0.25) is 0 Å². The number of nitrogens with zero attached hydrogens (tertiary/aromatic N) is 5. The van der Waals surface area contributed by atoms with Crippen molar-refractivity contribution in [3.63, 3.8) is 0 Å². The van der Waals surface area contributed by atoms with E-state index in [9.17, 15) is 9.59 Å². The molecule has 2 aromatic heterocycles. The van der Waals surface area contributed by atoms with Gasteiger partial charge in [-0.2, -0.15) is 0 Å². The second kappa shape index (κ2) is 8.61. The van der Waals surface area contributed by atoms with Gasteiger partial charge >= 0.3 is 0 Å². The molecule has 156 valence electrons. The Morgan fingerprint density at radius 3 is 2.70 bits per heavy atom. The van der Waals surface area contributed by atoms with Gasteiger partial charge in [-0.1, -0.05) is 12.1 Å². The lowest BCUT2D eigenvalue weighted by molar-refractivity contribution is -0.133. The molecule has 0 atom stereocenters. The second-order valence-corrected chi connectivity index (χ2v) is 7.72. The van der Waals surface area contributed by atoms with Gasteiger partial charge in [0.2, 0.25) is 11.8 Å². The maximum Gasteiger partial charge on any atom is 0.261 e. The van der Waals surface area contributed by atoms with Crippen LogP contribution in [0.3, 0.4) is 0 Å². The quantitative estimate of drug-likeness (QED) is 0.644. The normalized spacial score (nSPS) is 14.8. The number of ether oxygens (including phenoxy) is 1. The Bertz CT molecular complexity index is 1120. The number of carbonyl (C=O) groups excluding carboxylic acids is 1. The van der Waals surface area contributed by atoms with Gasteiger partial charge in [-0.15, -0.1) is 0 Å². The fraction of sp³-hybridized carbons (Fsp3) is 0.409. The summed E-state index contributed by atoms with van der Waals surface area (Å²) in [6.45, 7) is 5.79. The third-order valence-electron chi connectivity index (χ3n) is 5.75. The molecule has 0 N–H and O–H groups in total. The average Bonchev–Trinajstić information content (AvgIpc) is 2.77. The smallest absolute Gasteiger partial charge is 0.261 e. The molecule has 4 rings (SSSR count). The number of para-hydroxylation sites is 1. The lowest BCUT2D eigenvalue weighted by atomic mass is 9.98. The SMILES string of the molecule is Cc1ncnc(OCC2CCN(C(=O)Cn3cnc4ccccc4c3=O)CC2)c1C. The van der Waals surface area contributed by atoms with Crippen molar-refractivity contribution in [2.24, 2.45) is 5.92 Å². The van der Waals surface area contributed by atoms with Gasteiger partial charge in [-0.3, -0.25) is 14.2 Å². The van der Waals surface area contributed by atoms with Gasteiger partial charge in [0.25, 0.3) is 5.56 Å². The molecule has 0 spiro atoms. The van der Waals surface area contributed by atoms with Crippen molar-refractivity contribution in [2.75, 3.05) is 19.7 Å². The summed E-state index contributed by atoms with van der Waals surface area (Å²) in [5.41, 5.74) is 2.33. The van der Waals surface area contributed by atoms with E-state index in [1.165, 1.54) is 17.2 Å². The van der Waals surface area contributed by atoms with E-state index in [1.807, 2.05) is 24.8 Å². The minimum atomic E-state index is -0.187. The van der Waals surface area contributed by atoms with E-state index >= 15 is 0 Å². The van der Waals surface area contributed by atoms with Crippen LogP contribution < -0.4 is 10.3 Å². The Balaban J connectivity index is 1.32. The van der Waals surface area contributed by atoms with E-state index in [-0.39, 0.29) is 18.0 Å². The van der Waals surface area contributed by atoms with E-state index in [4.69, 9.17) is 4.74 Å². The lowest BCUT2D eigenvalue weighted by Gasteiger charge is -2.32. The Morgan fingerprint density at radius 1 is 1.13 bits per heavy atom. The topological polar surface area (TPSA) is 90.2 Å². The molecule has 8 heteroatoms. The van der Waals surface area contributed by atoms with Crippen LogP contribution in [0.1, 0.15) is 24.1 Å². The Labute approximate surface area is 174 Å². The molecule has 1 aliphatic heterocycles. The van der Waals surface area contributed by atoms with Gasteiger partial charge < -0.3 is 9.64 Å². The number of aromatic nitrogens is 4. The van der Waals surface area contributed by atoms with Crippen LogP contribution in [0.4, 0.5) is 0 Å². The van der Waals surface area contributed by atoms with Crippen LogP contribution in [-0.4, -0.2) is 50.0 Å². The first-order chi connectivity index (χ1) is 14.5. The zero-order valence-electron chi connectivity index (χ0n) is 17.2. The first kappa shape index (κ1) is 20.0. The largest absolute Gasteiger partial charge is 0.477 e. The molecule has 1 aliphatic rings. The Morgan fingerprint density at radius 2 is 1.90 bits per heavy atom. The lowest BCUT2D eigenvalue weighted by Crippen LogP contribution is -2.42. The van der Waals surface area contributed by atoms with Crippen molar-refractivity contribution >= 4 is 16.8 Å². The van der Waals surface area contributed by atoms with Crippen molar-refractivity contribution < 1.29 is 9.53 Å². The van der Waals surface area contributed by atoms with Crippen molar-refractivity contribution in [3.05, 3.63) is 58.5 Å². The first-order valence-electron chi connectivity index (χ1n) is 10.2. The summed E-state index contributed by atoms with van der Waals surface area (Å²) in [4.78, 5) is 39.8. The zero-order valence-corrected chi connectivity index (χ0v) is 17.2. The van der Waals surface area contributed by atoms with E-state index in [0.717, 1.165) is 24.1 Å². The summed E-state index contributed by atoms with van der Waals surface area (Å²) in [6.07, 6.45) is 4.69. The van der Waals surface area contributed by atoms with E-state index in [0.29, 0.717) is 42.4 Å². The molecular weight excluding hydrogens is 382 g/mol. The number of fused-ring (bicyclic) bond motifs is 1. The maximum absolute atomic E-state index is 12.7. The number of rotatable bonds is 5. The molecule has 1 amide bonds. The van der Waals surface area contributed by atoms with Crippen LogP contribution in [0, 0.1) is 19.8 Å². The molecule has 0 radical (unpaired) electrons. The minimum Gasteiger partial charge on any atom is -0.477 e. The van der Waals surface area contributed by atoms with Crippen LogP contribution in [0.15, 0.2) is 41.7 Å². The van der Waals surface area contributed by atoms with E-state index < -0.39 is 0 Å². The zero-order chi connectivity index (χ0) is 21.1. The van der Waals surface area contributed by atoms with Crippen LogP contribution in [-0.2, 0) is 11.3 Å². The third-order valence-corrected chi connectivity index (χ3v) is 5.75. The number of hydrogen-bond acceptors (Lipinski definition) is 6. The molecule has 30 heavy (non-hydrogen) atoms. The second-order valence-electron chi connectivity index (χ2n) is 7.72. The molecule has 1 aromatic carbocycles. The molecule has 3 aromatic rings. The third kappa shape index (κ3) is 4.17. The summed E-state index contributed by atoms with van der Waals surface area (Å²) < 4.78 is 7.29. The molecule has 8 nitrogen and oxygen atoms in total. The number of piperidine rings is 1. The molecule has 0 saturated carbocycles. The van der Waals surface area contributed by atoms with Gasteiger partial charge in [-0.05, 0) is 44.7 Å². The maximum atomic E-state index is 12.7. The van der Waals surface area contributed by atoms with Gasteiger partial charge in [0.1, 0.15) is 12.9 Å². The summed E-state index contributed by atoms with van der Waals surface area (Å²) in [5.74, 6) is 0.939. The summed E-state index contributed by atoms with van der Waals surface area (Å²) in [7, 11) is 0. The molecule has 0 aliphatic carbocycles. The molecule has 3 heterocycles. The average molecular weight is 407 g/mol. The summed E-state index contributed by atoms with van der Waals surface area (Å²) in [5, 5.41) is 0.527. The highest BCUT2D eigenvalue weighted by Gasteiger charge is 2.24. The van der Waals surface area contributed by atoms with Crippen molar-refractivity contribution in [1.82, 2.24) is 24.4 Å². The van der Waals surface area contributed by atoms with Crippen LogP contribution in [0.25, 0.3) is 10.9 Å². The molecule has 1 fully saturated rings. The van der Waals surface area contributed by atoms with Crippen molar-refractivity contribution in [3.8, 4) is 5.88 Å². The van der Waals surface area contributed by atoms with Crippen molar-refractivity contribution in [1.29, 1.82) is 0 Å². The molecule has 0 unspecified atom stereocenters. The monoisotopic (exact) mass is 407 g/mol. The fourth-order valence-electron chi connectivity index (χ4n) is 3.67. The van der Waals surface area contributed by atoms with Gasteiger partial charge in [0, 0.05) is 24.3 Å². The number of hydrogen-bond donors (Lipinski definition) is 0. The number of carbonyl (C=O) groups is 1. The standard InChI is InChI=1S/C22H25N5O3/c1-15-16(2)23-13-24-21(15)30-12-17-7-9-26(10-8-17)20(28)11-27-14-25-19-6-4-3-5-18(19)22(27)29/h3-6,13-14,17H,7-12H2,1-2H3. The minimum absolute atomic E-state index is 0.0112. The highest BCUT2D eigenvalue weighted by atomic mass is 16.5. The van der Waals surface area contributed by atoms with Crippen LogP contribution in [0.5, 0.6) is 5.88 Å². The Kier molecular flexibility index (Phi) is 5.74. The fourth-order valence-corrected chi connectivity index (χ4v) is 3.67. The molecule has 1 saturated heterocycles. The Hall–Kier alpha value is -3.29. The predicted molar refractivity (Wildman–Crippen MR) is 112 cm³/mol. The van der Waals surface area contributed by atoms with E-state index in [2.05, 4.69) is 15.0 Å². The predicted octanol–water partition coefficient (Wildman–Crippen LogP) is 2.12. The van der Waals surface area contributed by atoms with Crippen LogP contribution >= 0.6 is 0 Å². The number of aryl methyl sites for hydroxylation is 1. The summed E-state index contributed by atoms with van der Waals surface area (Å²) >= 11 is 0. The number of amides is 1. The molecular formula is C22H25N5O3. The van der Waals surface area contributed by atoms with Crippen molar-refractivity contribution in [2.45, 2.75) is 33.2 Å². The number of likely N-dealkylation sites (tertiary alicyclic amines) is 1. The van der Waals surface area contributed by atoms with Gasteiger partial charge in [0.15, 0.2) is 0 Å². The number of benzene rings is 1. The van der Waals surface area contributed by atoms with Gasteiger partial charge in [-0.25, -0.2) is 15.0 Å². The highest BCUT2D eigenvalue weighted by Crippen LogP contribution is 2.21. The van der Waals surface area contributed by atoms with E-state index in [1.54, 1.807) is 18.2 Å².